The minimum absolute atomic E-state index is 0.0259. The summed E-state index contributed by atoms with van der Waals surface area (Å²) in [6.45, 7) is 6.04. The van der Waals surface area contributed by atoms with Gasteiger partial charge in [-0.1, -0.05) is 45.1 Å². The largest absolute Gasteiger partial charge is 0.467 e. The summed E-state index contributed by atoms with van der Waals surface area (Å²) >= 11 is 7.16. The first-order valence-corrected chi connectivity index (χ1v) is 27.1. The van der Waals surface area contributed by atoms with Crippen molar-refractivity contribution in [3.8, 4) is 0 Å². The van der Waals surface area contributed by atoms with Gasteiger partial charge in [-0.05, 0) is 95.3 Å². The highest BCUT2D eigenvalue weighted by Crippen LogP contribution is 2.53. The van der Waals surface area contributed by atoms with Crippen molar-refractivity contribution in [3.63, 3.8) is 0 Å². The number of carbonyl (C=O) groups is 2. The number of hydrogen-bond acceptors (Lipinski definition) is 17. The van der Waals surface area contributed by atoms with Crippen LogP contribution in [0.15, 0.2) is 24.3 Å². The summed E-state index contributed by atoms with van der Waals surface area (Å²) in [7, 11) is 4.43. The van der Waals surface area contributed by atoms with E-state index in [9.17, 15) is 35.1 Å². The van der Waals surface area contributed by atoms with Crippen LogP contribution in [0.3, 0.4) is 0 Å². The van der Waals surface area contributed by atoms with Crippen LogP contribution in [0.4, 0.5) is 0 Å². The predicted octanol–water partition coefficient (Wildman–Crippen LogP) is 5.83. The number of aliphatic hydroxyl groups is 5. The molecule has 7 heterocycles. The summed E-state index contributed by atoms with van der Waals surface area (Å²) in [5.41, 5.74) is 0. The van der Waals surface area contributed by atoms with E-state index in [-0.39, 0.29) is 56.1 Å². The Kier molecular flexibility index (Phi) is 20.3. The molecule has 0 amide bonds. The van der Waals surface area contributed by atoms with Crippen LogP contribution in [0.25, 0.3) is 0 Å². The summed E-state index contributed by atoms with van der Waals surface area (Å²) < 4.78 is 63.8. The number of alkyl halides is 1. The molecule has 0 saturated carbocycles. The number of fused-ring (bicyclic) bond motifs is 6. The molecule has 0 aliphatic carbocycles. The van der Waals surface area contributed by atoms with Gasteiger partial charge in [-0.3, -0.25) is 4.79 Å². The van der Waals surface area contributed by atoms with Crippen molar-refractivity contribution in [2.24, 2.45) is 17.8 Å². The average molecular weight is 1030 g/mol. The van der Waals surface area contributed by atoms with Crippen LogP contribution >= 0.6 is 11.6 Å². The minimum Gasteiger partial charge on any atom is -0.467 e. The lowest BCUT2D eigenvalue weighted by Crippen LogP contribution is -2.61. The lowest BCUT2D eigenvalue weighted by Gasteiger charge is -2.54. The van der Waals surface area contributed by atoms with Crippen molar-refractivity contribution in [1.82, 2.24) is 0 Å². The van der Waals surface area contributed by atoms with Crippen LogP contribution < -0.4 is 0 Å². The molecule has 21 unspecified atom stereocenters. The molecule has 7 saturated heterocycles. The maximum atomic E-state index is 13.9. The fraction of sp³-hybridized carbons (Fsp3) is 0.887. The highest BCUT2D eigenvalue weighted by atomic mass is 35.5. The number of halogens is 1. The number of methoxy groups -OCH3 is 3. The zero-order valence-electron chi connectivity index (χ0n) is 42.9. The lowest BCUT2D eigenvalue weighted by molar-refractivity contribution is -0.413. The standard InChI is InChI=1S/C53H85ClO17/c1-31-19-22-51-24-21-41(62-4)49(70-51)48(60)47(59)32(2)17-18-40-46(54)44(63-5)29-52(67-40)23-20-33(3)53(71-52)30-43(39(69-53)16-11-9-7-8-10-15-38(57)50(61)64-6)66-45(58)28-37-14-12-13-36(65-37)26-34(55)25-35(56)27-42(31)68-51/h8-11,31-44,46-49,55-57,59-60H,7,12-30H2,1-6H3. The fourth-order valence-corrected chi connectivity index (χ4v) is 12.7. The topological polar surface area (TPSA) is 228 Å². The zero-order chi connectivity index (χ0) is 51.1. The predicted molar refractivity (Wildman–Crippen MR) is 259 cm³/mol. The van der Waals surface area contributed by atoms with Gasteiger partial charge in [0.2, 0.25) is 0 Å². The van der Waals surface area contributed by atoms with Gasteiger partial charge in [0.05, 0.1) is 73.8 Å². The highest BCUT2D eigenvalue weighted by molar-refractivity contribution is 6.21. The van der Waals surface area contributed by atoms with E-state index in [1.165, 1.54) is 7.11 Å². The van der Waals surface area contributed by atoms with E-state index in [1.807, 2.05) is 25.2 Å². The summed E-state index contributed by atoms with van der Waals surface area (Å²) in [5, 5.41) is 55.8. The Morgan fingerprint density at radius 3 is 2.20 bits per heavy atom. The molecule has 7 rings (SSSR count). The maximum absolute atomic E-state index is 13.9. The molecule has 17 nitrogen and oxygen atoms in total. The Bertz CT molecular complexity index is 1770. The van der Waals surface area contributed by atoms with Crippen molar-refractivity contribution in [2.45, 2.75) is 257 Å². The first-order valence-electron chi connectivity index (χ1n) is 26.6. The van der Waals surface area contributed by atoms with Crippen LogP contribution in [-0.4, -0.2) is 167 Å². The third kappa shape index (κ3) is 14.2. The fourth-order valence-electron chi connectivity index (χ4n) is 12.3. The first-order chi connectivity index (χ1) is 33.9. The molecule has 406 valence electrons. The number of rotatable bonds is 9. The molecule has 9 bridgehead atoms. The van der Waals surface area contributed by atoms with E-state index in [4.69, 9.17) is 54.2 Å². The second-order valence-electron chi connectivity index (χ2n) is 22.0. The van der Waals surface area contributed by atoms with Crippen LogP contribution in [0.5, 0.6) is 0 Å². The van der Waals surface area contributed by atoms with Gasteiger partial charge >= 0.3 is 11.9 Å². The number of carbonyl (C=O) groups excluding carboxylic acids is 2. The summed E-state index contributed by atoms with van der Waals surface area (Å²) in [6.07, 6.45) is 6.36. The SMILES string of the molecule is COC(=O)C(O)CC=CCC=CCC1OC23CC1OC(=O)CC1CCCC(CC(O)CC(O)CC4OC5(CCC4C)CCC(OC)C(O5)C(O)C(O)C(C)CCC4OC(CCC2C)(CC(OC)C4Cl)O3)O1. The lowest BCUT2D eigenvalue weighted by atomic mass is 9.81. The molecule has 0 radical (unpaired) electrons. The molecule has 5 N–H and O–H groups in total. The monoisotopic (exact) mass is 1030 g/mol. The molecule has 7 fully saturated rings. The summed E-state index contributed by atoms with van der Waals surface area (Å²) in [4.78, 5) is 25.6. The van der Waals surface area contributed by atoms with Crippen molar-refractivity contribution in [2.75, 3.05) is 21.3 Å². The van der Waals surface area contributed by atoms with Crippen LogP contribution in [0, 0.1) is 17.8 Å². The van der Waals surface area contributed by atoms with Gasteiger partial charge in [-0.25, -0.2) is 4.79 Å². The van der Waals surface area contributed by atoms with Gasteiger partial charge in [0.1, 0.15) is 24.4 Å². The highest BCUT2D eigenvalue weighted by Gasteiger charge is 2.61. The van der Waals surface area contributed by atoms with Gasteiger partial charge in [0, 0.05) is 58.7 Å². The van der Waals surface area contributed by atoms with Crippen molar-refractivity contribution in [3.05, 3.63) is 24.3 Å². The maximum Gasteiger partial charge on any atom is 0.335 e. The van der Waals surface area contributed by atoms with Gasteiger partial charge in [0.25, 0.3) is 0 Å². The smallest absolute Gasteiger partial charge is 0.335 e. The van der Waals surface area contributed by atoms with E-state index in [0.717, 1.165) is 12.8 Å². The molecule has 7 aliphatic heterocycles. The molecule has 0 aromatic rings. The summed E-state index contributed by atoms with van der Waals surface area (Å²) in [6, 6.07) is 0. The molecular formula is C53H85ClO17. The van der Waals surface area contributed by atoms with Crippen molar-refractivity contribution >= 4 is 23.5 Å². The van der Waals surface area contributed by atoms with E-state index in [2.05, 4.69) is 18.6 Å². The van der Waals surface area contributed by atoms with Gasteiger partial charge in [0.15, 0.2) is 23.5 Å². The van der Waals surface area contributed by atoms with Gasteiger partial charge in [-0.2, -0.15) is 0 Å². The van der Waals surface area contributed by atoms with E-state index in [0.29, 0.717) is 83.5 Å². The number of allylic oxidation sites excluding steroid dienone is 2. The Labute approximate surface area is 425 Å². The third-order valence-corrected chi connectivity index (χ3v) is 17.3. The van der Waals surface area contributed by atoms with Gasteiger partial charge in [-0.15, -0.1) is 11.6 Å². The first kappa shape index (κ1) is 56.9. The molecule has 3 spiro atoms. The van der Waals surface area contributed by atoms with E-state index in [1.54, 1.807) is 20.3 Å². The Balaban J connectivity index is 1.13. The molecule has 0 aromatic heterocycles. The quantitative estimate of drug-likeness (QED) is 0.104. The second kappa shape index (κ2) is 25.4. The number of hydrogen-bond donors (Lipinski definition) is 5. The third-order valence-electron chi connectivity index (χ3n) is 16.7. The molecule has 18 heteroatoms. The van der Waals surface area contributed by atoms with Crippen LogP contribution in [0.1, 0.15) is 149 Å². The zero-order valence-corrected chi connectivity index (χ0v) is 43.6. The molecule has 0 aromatic carbocycles. The van der Waals surface area contributed by atoms with Crippen LogP contribution in [-0.2, 0) is 57.0 Å². The van der Waals surface area contributed by atoms with E-state index < -0.39 is 114 Å². The average Bonchev–Trinajstić information content (AvgIpc) is 3.68. The number of esters is 2. The number of aliphatic hydroxyl groups excluding tert-OH is 5. The van der Waals surface area contributed by atoms with Gasteiger partial charge < -0.3 is 72.9 Å². The van der Waals surface area contributed by atoms with E-state index >= 15 is 0 Å². The minimum atomic E-state index is -1.31. The Morgan fingerprint density at radius 1 is 0.732 bits per heavy atom. The van der Waals surface area contributed by atoms with Crippen molar-refractivity contribution in [1.29, 1.82) is 0 Å². The molecule has 71 heavy (non-hydrogen) atoms. The van der Waals surface area contributed by atoms with Crippen molar-refractivity contribution < 1.29 is 82.5 Å². The van der Waals surface area contributed by atoms with Crippen LogP contribution in [0.2, 0.25) is 0 Å². The Hall–Kier alpha value is -1.81. The molecule has 7 aliphatic rings. The molecule has 21 atom stereocenters. The summed E-state index contributed by atoms with van der Waals surface area (Å²) in [5.74, 6) is -4.91. The Morgan fingerprint density at radius 2 is 1.44 bits per heavy atom. The second-order valence-corrected chi connectivity index (χ2v) is 22.5. The normalized spacial score (nSPS) is 45.9. The molecular weight excluding hydrogens is 944 g/mol. The number of ether oxygens (including phenoxy) is 10.